The number of Topliss-reactive ketones (excluding diaryl/α,β-unsaturated/α-hetero) is 1. The van der Waals surface area contributed by atoms with Crippen LogP contribution in [0.1, 0.15) is 35.2 Å². The van der Waals surface area contributed by atoms with Crippen LogP contribution in [0.25, 0.3) is 0 Å². The molecule has 5 nitrogen and oxygen atoms in total. The van der Waals surface area contributed by atoms with E-state index in [-0.39, 0.29) is 11.7 Å². The molecule has 1 aromatic heterocycles. The zero-order valence-electron chi connectivity index (χ0n) is 10.6. The van der Waals surface area contributed by atoms with E-state index in [2.05, 4.69) is 4.90 Å². The van der Waals surface area contributed by atoms with Gasteiger partial charge < -0.3 is 9.52 Å². The molecule has 1 N–H and O–H groups in total. The van der Waals surface area contributed by atoms with Gasteiger partial charge in [-0.15, -0.1) is 0 Å². The Morgan fingerprint density at radius 1 is 1.61 bits per heavy atom. The number of ketones is 1. The molecule has 0 bridgehead atoms. The molecule has 2 heterocycles. The Morgan fingerprint density at radius 3 is 2.89 bits per heavy atom. The molecule has 0 saturated carbocycles. The number of carboxylic acid groups (broad SMARTS) is 1. The minimum atomic E-state index is -1.04. The first-order valence-corrected chi connectivity index (χ1v) is 6.05. The molecule has 1 fully saturated rings. The van der Waals surface area contributed by atoms with E-state index in [1.165, 1.54) is 0 Å². The van der Waals surface area contributed by atoms with Crippen molar-refractivity contribution >= 4 is 11.8 Å². The summed E-state index contributed by atoms with van der Waals surface area (Å²) < 4.78 is 5.31. The highest BCUT2D eigenvalue weighted by molar-refractivity contribution is 5.86. The van der Waals surface area contributed by atoms with Crippen molar-refractivity contribution in [2.45, 2.75) is 26.8 Å². The lowest BCUT2D eigenvalue weighted by molar-refractivity contribution is -0.125. The first kappa shape index (κ1) is 12.8. The van der Waals surface area contributed by atoms with Crippen molar-refractivity contribution in [2.24, 2.45) is 5.92 Å². The number of hydrogen-bond acceptors (Lipinski definition) is 4. The molecule has 1 saturated heterocycles. The SMILES string of the molecule is Cc1cc(CN2CCC(=O)C(C)C2)oc1C(=O)O. The van der Waals surface area contributed by atoms with Crippen molar-refractivity contribution in [1.29, 1.82) is 0 Å². The highest BCUT2D eigenvalue weighted by atomic mass is 16.4. The van der Waals surface area contributed by atoms with Crippen LogP contribution in [-0.4, -0.2) is 34.8 Å². The maximum absolute atomic E-state index is 11.4. The summed E-state index contributed by atoms with van der Waals surface area (Å²) in [4.78, 5) is 24.4. The predicted octanol–water partition coefficient (Wildman–Crippen LogP) is 1.70. The van der Waals surface area contributed by atoms with Gasteiger partial charge in [0.1, 0.15) is 11.5 Å². The van der Waals surface area contributed by atoms with Crippen LogP contribution in [0.5, 0.6) is 0 Å². The Bertz CT molecular complexity index is 477. The van der Waals surface area contributed by atoms with Crippen LogP contribution in [-0.2, 0) is 11.3 Å². The van der Waals surface area contributed by atoms with Gasteiger partial charge in [0.05, 0.1) is 6.54 Å². The topological polar surface area (TPSA) is 70.8 Å². The third-order valence-electron chi connectivity index (χ3n) is 3.30. The lowest BCUT2D eigenvalue weighted by atomic mass is 9.98. The molecule has 0 aromatic carbocycles. The molecule has 0 spiro atoms. The first-order chi connectivity index (χ1) is 8.47. The predicted molar refractivity (Wildman–Crippen MR) is 64.5 cm³/mol. The Balaban J connectivity index is 2.04. The fourth-order valence-corrected chi connectivity index (χ4v) is 2.30. The zero-order chi connectivity index (χ0) is 13.3. The summed E-state index contributed by atoms with van der Waals surface area (Å²) >= 11 is 0. The summed E-state index contributed by atoms with van der Waals surface area (Å²) in [6.45, 7) is 5.63. The van der Waals surface area contributed by atoms with Gasteiger partial charge in [0, 0.05) is 31.0 Å². The Hall–Kier alpha value is -1.62. The molecular weight excluding hydrogens is 234 g/mol. The van der Waals surface area contributed by atoms with E-state index in [1.54, 1.807) is 13.0 Å². The van der Waals surface area contributed by atoms with E-state index in [0.29, 0.717) is 43.2 Å². The molecule has 0 amide bonds. The summed E-state index contributed by atoms with van der Waals surface area (Å²) in [6.07, 6.45) is 0.562. The quantitative estimate of drug-likeness (QED) is 0.885. The minimum Gasteiger partial charge on any atom is -0.475 e. The number of carbonyl (C=O) groups is 2. The van der Waals surface area contributed by atoms with Gasteiger partial charge in [0.25, 0.3) is 0 Å². The average molecular weight is 251 g/mol. The minimum absolute atomic E-state index is 0.00568. The normalized spacial score (nSPS) is 21.2. The number of aryl methyl sites for hydroxylation is 1. The van der Waals surface area contributed by atoms with Gasteiger partial charge in [-0.25, -0.2) is 4.79 Å². The summed E-state index contributed by atoms with van der Waals surface area (Å²) in [6, 6.07) is 1.75. The average Bonchev–Trinajstić information content (AvgIpc) is 2.65. The maximum Gasteiger partial charge on any atom is 0.372 e. The van der Waals surface area contributed by atoms with Gasteiger partial charge in [-0.05, 0) is 13.0 Å². The molecule has 0 aliphatic carbocycles. The number of rotatable bonds is 3. The van der Waals surface area contributed by atoms with Crippen LogP contribution in [0.15, 0.2) is 10.5 Å². The van der Waals surface area contributed by atoms with Crippen molar-refractivity contribution in [3.8, 4) is 0 Å². The van der Waals surface area contributed by atoms with Crippen LogP contribution >= 0.6 is 0 Å². The molecule has 1 aliphatic rings. The molecule has 2 rings (SSSR count). The number of carbonyl (C=O) groups excluding carboxylic acids is 1. The van der Waals surface area contributed by atoms with Crippen LogP contribution in [0.3, 0.4) is 0 Å². The smallest absolute Gasteiger partial charge is 0.372 e. The van der Waals surface area contributed by atoms with Crippen molar-refractivity contribution in [3.63, 3.8) is 0 Å². The molecule has 1 unspecified atom stereocenters. The molecule has 1 aromatic rings. The summed E-state index contributed by atoms with van der Waals surface area (Å²) in [5.41, 5.74) is 0.638. The van der Waals surface area contributed by atoms with Crippen LogP contribution in [0, 0.1) is 12.8 Å². The Kier molecular flexibility index (Phi) is 3.52. The van der Waals surface area contributed by atoms with Crippen LogP contribution < -0.4 is 0 Å². The third-order valence-corrected chi connectivity index (χ3v) is 3.30. The summed E-state index contributed by atoms with van der Waals surface area (Å²) in [7, 11) is 0. The lowest BCUT2D eigenvalue weighted by Gasteiger charge is -2.28. The van der Waals surface area contributed by atoms with E-state index in [1.807, 2.05) is 6.92 Å². The highest BCUT2D eigenvalue weighted by Crippen LogP contribution is 2.19. The molecule has 0 radical (unpaired) electrons. The summed E-state index contributed by atoms with van der Waals surface area (Å²) in [5.74, 6) is -0.0413. The van der Waals surface area contributed by atoms with Crippen molar-refractivity contribution in [2.75, 3.05) is 13.1 Å². The largest absolute Gasteiger partial charge is 0.475 e. The summed E-state index contributed by atoms with van der Waals surface area (Å²) in [5, 5.41) is 8.91. The van der Waals surface area contributed by atoms with Gasteiger partial charge >= 0.3 is 5.97 Å². The standard InChI is InChI=1S/C13H17NO4/c1-8-5-10(18-12(8)13(16)17)7-14-4-3-11(15)9(2)6-14/h5,9H,3-4,6-7H2,1-2H3,(H,16,17). The van der Waals surface area contributed by atoms with E-state index >= 15 is 0 Å². The van der Waals surface area contributed by atoms with Crippen LogP contribution in [0.2, 0.25) is 0 Å². The second-order valence-electron chi connectivity index (χ2n) is 4.88. The van der Waals surface area contributed by atoms with E-state index < -0.39 is 5.97 Å². The number of hydrogen-bond donors (Lipinski definition) is 1. The highest BCUT2D eigenvalue weighted by Gasteiger charge is 2.24. The van der Waals surface area contributed by atoms with Gasteiger partial charge in [0.2, 0.25) is 5.76 Å². The second kappa shape index (κ2) is 4.94. The van der Waals surface area contributed by atoms with E-state index in [4.69, 9.17) is 9.52 Å². The fourth-order valence-electron chi connectivity index (χ4n) is 2.30. The molecular formula is C13H17NO4. The number of furan rings is 1. The Morgan fingerprint density at radius 2 is 2.33 bits per heavy atom. The van der Waals surface area contributed by atoms with Crippen molar-refractivity contribution in [1.82, 2.24) is 4.90 Å². The number of piperidine rings is 1. The maximum atomic E-state index is 11.4. The van der Waals surface area contributed by atoms with Crippen molar-refractivity contribution in [3.05, 3.63) is 23.2 Å². The van der Waals surface area contributed by atoms with E-state index in [0.717, 1.165) is 0 Å². The number of aromatic carboxylic acids is 1. The third kappa shape index (κ3) is 2.61. The number of carboxylic acids is 1. The fraction of sp³-hybridized carbons (Fsp3) is 0.538. The molecule has 98 valence electrons. The first-order valence-electron chi connectivity index (χ1n) is 6.05. The van der Waals surface area contributed by atoms with Crippen molar-refractivity contribution < 1.29 is 19.1 Å². The monoisotopic (exact) mass is 251 g/mol. The Labute approximate surface area is 105 Å². The second-order valence-corrected chi connectivity index (χ2v) is 4.88. The number of nitrogens with zero attached hydrogens (tertiary/aromatic N) is 1. The van der Waals surface area contributed by atoms with Gasteiger partial charge in [0.15, 0.2) is 0 Å². The van der Waals surface area contributed by atoms with E-state index in [9.17, 15) is 9.59 Å². The molecule has 1 aliphatic heterocycles. The van der Waals surface area contributed by atoms with Crippen LogP contribution in [0.4, 0.5) is 0 Å². The van der Waals surface area contributed by atoms with Gasteiger partial charge in [-0.2, -0.15) is 0 Å². The lowest BCUT2D eigenvalue weighted by Crippen LogP contribution is -2.38. The molecule has 18 heavy (non-hydrogen) atoms. The van der Waals surface area contributed by atoms with Gasteiger partial charge in [-0.3, -0.25) is 9.69 Å². The molecule has 1 atom stereocenters. The van der Waals surface area contributed by atoms with Gasteiger partial charge in [-0.1, -0.05) is 6.92 Å². The number of likely N-dealkylation sites (tertiary alicyclic amines) is 1. The molecule has 5 heteroatoms. The zero-order valence-corrected chi connectivity index (χ0v) is 10.6.